The molecule has 3 rings (SSSR count). The van der Waals surface area contributed by atoms with Gasteiger partial charge in [0.1, 0.15) is 5.82 Å². The molecule has 0 saturated heterocycles. The third-order valence-corrected chi connectivity index (χ3v) is 3.82. The molecule has 2 heterocycles. The van der Waals surface area contributed by atoms with E-state index in [1.165, 1.54) is 6.07 Å². The van der Waals surface area contributed by atoms with E-state index in [9.17, 15) is 4.39 Å². The molecule has 0 aliphatic rings. The van der Waals surface area contributed by atoms with Crippen molar-refractivity contribution in [3.8, 4) is 0 Å². The summed E-state index contributed by atoms with van der Waals surface area (Å²) in [5.41, 5.74) is 2.22. The van der Waals surface area contributed by atoms with Gasteiger partial charge in [0, 0.05) is 23.0 Å². The maximum absolute atomic E-state index is 13.0. The summed E-state index contributed by atoms with van der Waals surface area (Å²) in [6.45, 7) is 1.52. The quantitative estimate of drug-likeness (QED) is 0.518. The molecular formula is C16H15Cl2FN4. The minimum atomic E-state index is -0.516. The molecule has 2 aromatic heterocycles. The van der Waals surface area contributed by atoms with Crippen LogP contribution in [-0.2, 0) is 13.0 Å². The van der Waals surface area contributed by atoms with Gasteiger partial charge >= 0.3 is 0 Å². The Balaban J connectivity index is 1.47. The molecule has 0 unspecified atom stereocenters. The Bertz CT molecular complexity index is 799. The largest absolute Gasteiger partial charge is 0.341 e. The second kappa shape index (κ2) is 7.25. The van der Waals surface area contributed by atoms with Crippen molar-refractivity contribution >= 4 is 34.4 Å². The van der Waals surface area contributed by atoms with E-state index in [2.05, 4.69) is 20.3 Å². The van der Waals surface area contributed by atoms with Gasteiger partial charge in [0.25, 0.3) is 0 Å². The van der Waals surface area contributed by atoms with E-state index < -0.39 is 5.95 Å². The van der Waals surface area contributed by atoms with Crippen molar-refractivity contribution in [1.29, 1.82) is 0 Å². The van der Waals surface area contributed by atoms with Crippen LogP contribution in [0.25, 0.3) is 11.2 Å². The molecule has 0 fully saturated rings. The number of aromatic amines is 1. The van der Waals surface area contributed by atoms with Crippen LogP contribution in [0.1, 0.15) is 17.8 Å². The number of aromatic nitrogens is 3. The van der Waals surface area contributed by atoms with E-state index in [0.717, 1.165) is 36.3 Å². The third-order valence-electron chi connectivity index (χ3n) is 3.38. The molecule has 0 saturated carbocycles. The zero-order chi connectivity index (χ0) is 16.2. The van der Waals surface area contributed by atoms with Crippen molar-refractivity contribution in [2.75, 3.05) is 6.54 Å². The normalized spacial score (nSPS) is 11.3. The fourth-order valence-electron chi connectivity index (χ4n) is 2.36. The molecule has 0 bridgehead atoms. The van der Waals surface area contributed by atoms with Crippen molar-refractivity contribution < 1.29 is 4.39 Å². The SMILES string of the molecule is Fc1ccc2[nH]c(CCCNCc3cc(Cl)cc(Cl)c3)nc2n1. The molecule has 23 heavy (non-hydrogen) atoms. The van der Waals surface area contributed by atoms with Crippen LogP contribution in [0.2, 0.25) is 10.0 Å². The lowest BCUT2D eigenvalue weighted by Gasteiger charge is -2.05. The highest BCUT2D eigenvalue weighted by Crippen LogP contribution is 2.18. The van der Waals surface area contributed by atoms with Crippen LogP contribution in [0.5, 0.6) is 0 Å². The predicted molar refractivity (Wildman–Crippen MR) is 90.3 cm³/mol. The van der Waals surface area contributed by atoms with Crippen LogP contribution in [0, 0.1) is 5.95 Å². The van der Waals surface area contributed by atoms with Gasteiger partial charge in [0.15, 0.2) is 5.65 Å². The molecule has 0 amide bonds. The molecule has 3 aromatic rings. The van der Waals surface area contributed by atoms with Crippen LogP contribution in [0.3, 0.4) is 0 Å². The highest BCUT2D eigenvalue weighted by molar-refractivity contribution is 6.34. The average molecular weight is 353 g/mol. The molecule has 2 N–H and O–H groups in total. The second-order valence-electron chi connectivity index (χ2n) is 5.25. The number of hydrogen-bond donors (Lipinski definition) is 2. The molecule has 7 heteroatoms. The summed E-state index contributed by atoms with van der Waals surface area (Å²) >= 11 is 11.9. The van der Waals surface area contributed by atoms with Crippen molar-refractivity contribution in [2.24, 2.45) is 0 Å². The molecule has 120 valence electrons. The first-order valence-corrected chi connectivity index (χ1v) is 8.02. The Morgan fingerprint density at radius 1 is 1.09 bits per heavy atom. The van der Waals surface area contributed by atoms with Gasteiger partial charge in [-0.1, -0.05) is 23.2 Å². The van der Waals surface area contributed by atoms with E-state index in [1.807, 2.05) is 12.1 Å². The standard InChI is InChI=1S/C16H15Cl2FN4/c17-11-6-10(7-12(18)8-11)9-20-5-1-2-15-21-13-3-4-14(19)22-16(13)23-15/h3-4,6-8,20H,1-2,5,9H2,(H,21,22,23). The second-order valence-corrected chi connectivity index (χ2v) is 6.12. The summed E-state index contributed by atoms with van der Waals surface area (Å²) in [5, 5.41) is 4.61. The minimum Gasteiger partial charge on any atom is -0.341 e. The topological polar surface area (TPSA) is 53.6 Å². The molecule has 0 atom stereocenters. The first-order chi connectivity index (χ1) is 11.1. The van der Waals surface area contributed by atoms with Crippen LogP contribution in [0.4, 0.5) is 4.39 Å². The zero-order valence-corrected chi connectivity index (χ0v) is 13.8. The lowest BCUT2D eigenvalue weighted by Crippen LogP contribution is -2.15. The fraction of sp³-hybridized carbons (Fsp3) is 0.250. The van der Waals surface area contributed by atoms with Crippen molar-refractivity contribution in [3.05, 3.63) is 57.7 Å². The average Bonchev–Trinajstić information content (AvgIpc) is 2.87. The van der Waals surface area contributed by atoms with Gasteiger partial charge in [-0.2, -0.15) is 9.37 Å². The van der Waals surface area contributed by atoms with Crippen molar-refractivity contribution in [2.45, 2.75) is 19.4 Å². The smallest absolute Gasteiger partial charge is 0.215 e. The Morgan fingerprint density at radius 3 is 2.65 bits per heavy atom. The highest BCUT2D eigenvalue weighted by atomic mass is 35.5. The van der Waals surface area contributed by atoms with Gasteiger partial charge in [-0.3, -0.25) is 0 Å². The first-order valence-electron chi connectivity index (χ1n) is 7.27. The lowest BCUT2D eigenvalue weighted by molar-refractivity contribution is 0.588. The number of pyridine rings is 1. The van der Waals surface area contributed by atoms with Gasteiger partial charge in [-0.25, -0.2) is 4.98 Å². The van der Waals surface area contributed by atoms with Crippen LogP contribution in [0.15, 0.2) is 30.3 Å². The Kier molecular flexibility index (Phi) is 5.10. The number of benzene rings is 1. The molecule has 0 aliphatic heterocycles. The Labute approximate surface area is 143 Å². The van der Waals surface area contributed by atoms with Gasteiger partial charge in [0.2, 0.25) is 5.95 Å². The van der Waals surface area contributed by atoms with Gasteiger partial charge < -0.3 is 10.3 Å². The van der Waals surface area contributed by atoms with Crippen LogP contribution in [-0.4, -0.2) is 21.5 Å². The van der Waals surface area contributed by atoms with E-state index in [-0.39, 0.29) is 0 Å². The highest BCUT2D eigenvalue weighted by Gasteiger charge is 2.05. The minimum absolute atomic E-state index is 0.418. The van der Waals surface area contributed by atoms with Crippen LogP contribution < -0.4 is 5.32 Å². The van der Waals surface area contributed by atoms with E-state index in [4.69, 9.17) is 23.2 Å². The zero-order valence-electron chi connectivity index (χ0n) is 12.2. The summed E-state index contributed by atoms with van der Waals surface area (Å²) in [6, 6.07) is 8.46. The molecule has 0 spiro atoms. The Morgan fingerprint density at radius 2 is 1.87 bits per heavy atom. The summed E-state index contributed by atoms with van der Waals surface area (Å²) < 4.78 is 13.0. The summed E-state index contributed by atoms with van der Waals surface area (Å²) in [4.78, 5) is 11.2. The number of nitrogens with one attached hydrogen (secondary N) is 2. The number of rotatable bonds is 6. The molecule has 0 radical (unpaired) electrons. The van der Waals surface area contributed by atoms with Crippen molar-refractivity contribution in [3.63, 3.8) is 0 Å². The lowest BCUT2D eigenvalue weighted by atomic mass is 10.2. The number of nitrogens with zero attached hydrogens (tertiary/aromatic N) is 2. The first kappa shape index (κ1) is 16.2. The third kappa shape index (κ3) is 4.41. The number of imidazole rings is 1. The van der Waals surface area contributed by atoms with E-state index >= 15 is 0 Å². The number of hydrogen-bond acceptors (Lipinski definition) is 3. The van der Waals surface area contributed by atoms with Gasteiger partial charge in [-0.15, -0.1) is 0 Å². The number of H-pyrrole nitrogens is 1. The van der Waals surface area contributed by atoms with Gasteiger partial charge in [0.05, 0.1) is 5.52 Å². The summed E-state index contributed by atoms with van der Waals surface area (Å²) in [7, 11) is 0. The monoisotopic (exact) mass is 352 g/mol. The van der Waals surface area contributed by atoms with E-state index in [0.29, 0.717) is 22.2 Å². The Hall–Kier alpha value is -1.69. The molecule has 1 aromatic carbocycles. The van der Waals surface area contributed by atoms with Crippen LogP contribution >= 0.6 is 23.2 Å². The fourth-order valence-corrected chi connectivity index (χ4v) is 2.94. The molecule has 0 aliphatic carbocycles. The maximum Gasteiger partial charge on any atom is 0.215 e. The predicted octanol–water partition coefficient (Wildman–Crippen LogP) is 4.13. The maximum atomic E-state index is 13.0. The number of fused-ring (bicyclic) bond motifs is 1. The molecule has 4 nitrogen and oxygen atoms in total. The van der Waals surface area contributed by atoms with Crippen molar-refractivity contribution in [1.82, 2.24) is 20.3 Å². The number of halogens is 3. The summed E-state index contributed by atoms with van der Waals surface area (Å²) in [6.07, 6.45) is 1.66. The van der Waals surface area contributed by atoms with Gasteiger partial charge in [-0.05, 0) is 48.9 Å². The number of aryl methyl sites for hydroxylation is 1. The van der Waals surface area contributed by atoms with E-state index in [1.54, 1.807) is 12.1 Å². The summed E-state index contributed by atoms with van der Waals surface area (Å²) in [5.74, 6) is 0.295. The molecular weight excluding hydrogens is 338 g/mol.